The lowest BCUT2D eigenvalue weighted by Gasteiger charge is -2.17. The zero-order valence-corrected chi connectivity index (χ0v) is 12.3. The van der Waals surface area contributed by atoms with Crippen molar-refractivity contribution in [1.82, 2.24) is 4.90 Å². The van der Waals surface area contributed by atoms with Crippen LogP contribution in [0.2, 0.25) is 5.02 Å². The van der Waals surface area contributed by atoms with Crippen molar-refractivity contribution >= 4 is 17.5 Å². The molecule has 0 aliphatic carbocycles. The summed E-state index contributed by atoms with van der Waals surface area (Å²) in [6.45, 7) is 3.50. The maximum absolute atomic E-state index is 12.0. The number of carbonyl (C=O) groups is 1. The van der Waals surface area contributed by atoms with Crippen LogP contribution in [0, 0.1) is 5.92 Å². The van der Waals surface area contributed by atoms with E-state index in [1.165, 1.54) is 0 Å². The van der Waals surface area contributed by atoms with Gasteiger partial charge in [0.2, 0.25) is 5.91 Å². The van der Waals surface area contributed by atoms with Crippen LogP contribution in [0.1, 0.15) is 19.8 Å². The number of ether oxygens (including phenoxy) is 1. The smallest absolute Gasteiger partial charge is 0.226 e. The van der Waals surface area contributed by atoms with E-state index in [1.54, 1.807) is 24.0 Å². The summed E-state index contributed by atoms with van der Waals surface area (Å²) in [5.74, 6) is 0.955. The second kappa shape index (κ2) is 6.95. The number of aliphatic hydroxyl groups excluding tert-OH is 1. The van der Waals surface area contributed by atoms with Crippen LogP contribution in [0.3, 0.4) is 0 Å². The summed E-state index contributed by atoms with van der Waals surface area (Å²) in [6, 6.07) is 7.13. The quantitative estimate of drug-likeness (QED) is 0.907. The van der Waals surface area contributed by atoms with Gasteiger partial charge in [0.1, 0.15) is 5.75 Å². The number of halogens is 1. The molecule has 0 radical (unpaired) electrons. The molecule has 2 rings (SSSR count). The molecule has 1 aromatic carbocycles. The van der Waals surface area contributed by atoms with Gasteiger partial charge in [0.05, 0.1) is 19.1 Å². The molecule has 2 unspecified atom stereocenters. The number of aliphatic hydroxyl groups is 1. The van der Waals surface area contributed by atoms with Gasteiger partial charge >= 0.3 is 0 Å². The highest BCUT2D eigenvalue weighted by atomic mass is 35.5. The van der Waals surface area contributed by atoms with Gasteiger partial charge in [0.15, 0.2) is 0 Å². The number of likely N-dealkylation sites (tertiary alicyclic amines) is 1. The van der Waals surface area contributed by atoms with Gasteiger partial charge in [-0.1, -0.05) is 17.7 Å². The predicted octanol–water partition coefficient (Wildman–Crippen LogP) is 2.34. The van der Waals surface area contributed by atoms with Gasteiger partial charge in [-0.3, -0.25) is 4.79 Å². The van der Waals surface area contributed by atoms with Gasteiger partial charge < -0.3 is 14.7 Å². The molecule has 0 spiro atoms. The Bertz CT molecular complexity index is 464. The SMILES string of the molecule is CC(O)C1CCN(C(=O)CCOc2cccc(Cl)c2)C1. The van der Waals surface area contributed by atoms with Gasteiger partial charge in [0.25, 0.3) is 0 Å². The summed E-state index contributed by atoms with van der Waals surface area (Å²) in [6.07, 6.45) is 0.868. The molecule has 1 aliphatic rings. The van der Waals surface area contributed by atoms with Crippen molar-refractivity contribution in [3.05, 3.63) is 29.3 Å². The van der Waals surface area contributed by atoms with Gasteiger partial charge in [0, 0.05) is 24.0 Å². The fraction of sp³-hybridized carbons (Fsp3) is 0.533. The van der Waals surface area contributed by atoms with E-state index in [1.807, 2.05) is 12.1 Å². The molecule has 0 saturated carbocycles. The minimum atomic E-state index is -0.351. The molecular formula is C15H20ClNO3. The van der Waals surface area contributed by atoms with E-state index in [-0.39, 0.29) is 17.9 Å². The first-order valence-corrected chi connectivity index (χ1v) is 7.28. The summed E-state index contributed by atoms with van der Waals surface area (Å²) in [5.41, 5.74) is 0. The van der Waals surface area contributed by atoms with E-state index in [2.05, 4.69) is 0 Å². The first-order valence-electron chi connectivity index (χ1n) is 6.90. The van der Waals surface area contributed by atoms with E-state index in [4.69, 9.17) is 16.3 Å². The first-order chi connectivity index (χ1) is 9.56. The largest absolute Gasteiger partial charge is 0.493 e. The first kappa shape index (κ1) is 15.1. The number of benzene rings is 1. The zero-order valence-electron chi connectivity index (χ0n) is 11.6. The molecule has 1 saturated heterocycles. The monoisotopic (exact) mass is 297 g/mol. The third-order valence-electron chi connectivity index (χ3n) is 3.64. The van der Waals surface area contributed by atoms with Crippen LogP contribution in [-0.4, -0.2) is 41.7 Å². The molecule has 1 fully saturated rings. The van der Waals surface area contributed by atoms with E-state index in [0.29, 0.717) is 30.3 Å². The predicted molar refractivity (Wildman–Crippen MR) is 77.9 cm³/mol. The summed E-state index contributed by atoms with van der Waals surface area (Å²) in [7, 11) is 0. The van der Waals surface area contributed by atoms with Crippen molar-refractivity contribution < 1.29 is 14.6 Å². The average Bonchev–Trinajstić information content (AvgIpc) is 2.88. The van der Waals surface area contributed by atoms with E-state index in [0.717, 1.165) is 13.0 Å². The Labute approximate surface area is 124 Å². The molecule has 110 valence electrons. The highest BCUT2D eigenvalue weighted by molar-refractivity contribution is 6.30. The second-order valence-electron chi connectivity index (χ2n) is 5.18. The summed E-state index contributed by atoms with van der Waals surface area (Å²) >= 11 is 5.86. The average molecular weight is 298 g/mol. The molecule has 1 aromatic rings. The Kier molecular flexibility index (Phi) is 5.26. The van der Waals surface area contributed by atoms with Crippen molar-refractivity contribution in [2.24, 2.45) is 5.92 Å². The Balaban J connectivity index is 1.73. The van der Waals surface area contributed by atoms with E-state index in [9.17, 15) is 9.90 Å². The van der Waals surface area contributed by atoms with Crippen LogP contribution in [0.5, 0.6) is 5.75 Å². The van der Waals surface area contributed by atoms with Crippen molar-refractivity contribution in [2.75, 3.05) is 19.7 Å². The van der Waals surface area contributed by atoms with Crippen molar-refractivity contribution in [3.8, 4) is 5.75 Å². The summed E-state index contributed by atoms with van der Waals surface area (Å²) < 4.78 is 5.51. The lowest BCUT2D eigenvalue weighted by atomic mass is 10.0. The highest BCUT2D eigenvalue weighted by Gasteiger charge is 2.28. The molecule has 2 atom stereocenters. The fourth-order valence-corrected chi connectivity index (χ4v) is 2.56. The third-order valence-corrected chi connectivity index (χ3v) is 3.88. The zero-order chi connectivity index (χ0) is 14.5. The van der Waals surface area contributed by atoms with Crippen molar-refractivity contribution in [2.45, 2.75) is 25.9 Å². The number of rotatable bonds is 5. The van der Waals surface area contributed by atoms with Crippen LogP contribution in [0.15, 0.2) is 24.3 Å². The molecule has 1 aliphatic heterocycles. The van der Waals surface area contributed by atoms with Crippen LogP contribution < -0.4 is 4.74 Å². The van der Waals surface area contributed by atoms with Crippen molar-refractivity contribution in [1.29, 1.82) is 0 Å². The number of nitrogens with zero attached hydrogens (tertiary/aromatic N) is 1. The van der Waals surface area contributed by atoms with Crippen LogP contribution in [0.4, 0.5) is 0 Å². The van der Waals surface area contributed by atoms with Crippen LogP contribution >= 0.6 is 11.6 Å². The van der Waals surface area contributed by atoms with Crippen LogP contribution in [0.25, 0.3) is 0 Å². The lowest BCUT2D eigenvalue weighted by Crippen LogP contribution is -2.31. The maximum Gasteiger partial charge on any atom is 0.226 e. The van der Waals surface area contributed by atoms with Gasteiger partial charge in [-0.05, 0) is 31.5 Å². The van der Waals surface area contributed by atoms with Crippen molar-refractivity contribution in [3.63, 3.8) is 0 Å². The molecule has 0 bridgehead atoms. The molecular weight excluding hydrogens is 278 g/mol. The standard InChI is InChI=1S/C15H20ClNO3/c1-11(18)12-5-7-17(10-12)15(19)6-8-20-14-4-2-3-13(16)9-14/h2-4,9,11-12,18H,5-8,10H2,1H3. The van der Waals surface area contributed by atoms with E-state index >= 15 is 0 Å². The van der Waals surface area contributed by atoms with E-state index < -0.39 is 0 Å². The fourth-order valence-electron chi connectivity index (χ4n) is 2.38. The van der Waals surface area contributed by atoms with Gasteiger partial charge in [-0.15, -0.1) is 0 Å². The topological polar surface area (TPSA) is 49.8 Å². The van der Waals surface area contributed by atoms with Gasteiger partial charge in [-0.25, -0.2) is 0 Å². The summed E-state index contributed by atoms with van der Waals surface area (Å²) in [4.78, 5) is 13.8. The molecule has 20 heavy (non-hydrogen) atoms. The number of hydrogen-bond donors (Lipinski definition) is 1. The maximum atomic E-state index is 12.0. The molecule has 1 N–H and O–H groups in total. The molecule has 1 heterocycles. The van der Waals surface area contributed by atoms with Crippen LogP contribution in [-0.2, 0) is 4.79 Å². The lowest BCUT2D eigenvalue weighted by molar-refractivity contribution is -0.130. The minimum absolute atomic E-state index is 0.0789. The normalized spacial score (nSPS) is 19.9. The molecule has 5 heteroatoms. The van der Waals surface area contributed by atoms with Gasteiger partial charge in [-0.2, -0.15) is 0 Å². The second-order valence-corrected chi connectivity index (χ2v) is 5.62. The summed E-state index contributed by atoms with van der Waals surface area (Å²) in [5, 5.41) is 10.1. The molecule has 0 aromatic heterocycles. The Morgan fingerprint density at radius 3 is 3.05 bits per heavy atom. The third kappa shape index (κ3) is 4.12. The highest BCUT2D eigenvalue weighted by Crippen LogP contribution is 2.21. The Morgan fingerprint density at radius 2 is 2.40 bits per heavy atom. The number of hydrogen-bond acceptors (Lipinski definition) is 3. The molecule has 4 nitrogen and oxygen atoms in total. The minimum Gasteiger partial charge on any atom is -0.493 e. The Morgan fingerprint density at radius 1 is 1.60 bits per heavy atom. The number of amides is 1. The number of carbonyl (C=O) groups excluding carboxylic acids is 1. The molecule has 1 amide bonds. The Hall–Kier alpha value is -1.26.